The molecule has 0 aliphatic rings. The summed E-state index contributed by atoms with van der Waals surface area (Å²) in [6.07, 6.45) is 0.754. The van der Waals surface area contributed by atoms with Crippen LogP contribution in [0.1, 0.15) is 74.7 Å². The number of carbonyl (C=O) groups excluding carboxylic acids is 2. The summed E-state index contributed by atoms with van der Waals surface area (Å²) in [7, 11) is -5.50. The summed E-state index contributed by atoms with van der Waals surface area (Å²) in [5, 5.41) is 5.54. The molecule has 0 unspecified atom stereocenters. The summed E-state index contributed by atoms with van der Waals surface area (Å²) in [6.45, 7) is 19.2. The van der Waals surface area contributed by atoms with Gasteiger partial charge in [0.15, 0.2) is 0 Å². The summed E-state index contributed by atoms with van der Waals surface area (Å²) in [6, 6.07) is 15.2. The van der Waals surface area contributed by atoms with Crippen LogP contribution >= 0.6 is 0 Å². The van der Waals surface area contributed by atoms with Crippen LogP contribution in [-0.4, -0.2) is 93.9 Å². The van der Waals surface area contributed by atoms with Crippen molar-refractivity contribution in [1.29, 1.82) is 0 Å². The van der Waals surface area contributed by atoms with Crippen molar-refractivity contribution >= 4 is 52.6 Å². The van der Waals surface area contributed by atoms with E-state index in [9.17, 15) is 9.59 Å². The first kappa shape index (κ1) is 45.7. The highest BCUT2D eigenvalue weighted by molar-refractivity contribution is 6.61. The highest BCUT2D eigenvalue weighted by atomic mass is 28.4. The maximum absolute atomic E-state index is 12.4. The van der Waals surface area contributed by atoms with E-state index in [1.807, 2.05) is 55.4 Å². The monoisotopic (exact) mass is 776 g/mol. The van der Waals surface area contributed by atoms with E-state index >= 15 is 0 Å². The molecule has 0 bridgehead atoms. The number of ether oxygens (including phenoxy) is 2. The lowest BCUT2D eigenvalue weighted by Gasteiger charge is -2.28. The quantitative estimate of drug-likeness (QED) is 0.0545. The fourth-order valence-corrected chi connectivity index (χ4v) is 10.6. The second-order valence-corrected chi connectivity index (χ2v) is 17.1. The van der Waals surface area contributed by atoms with Gasteiger partial charge in [-0.2, -0.15) is 0 Å². The van der Waals surface area contributed by atoms with Crippen LogP contribution in [0.25, 0.3) is 0 Å². The first-order chi connectivity index (χ1) is 25.5. The van der Waals surface area contributed by atoms with Gasteiger partial charge in [-0.25, -0.2) is 9.59 Å². The molecule has 14 nitrogen and oxygen atoms in total. The van der Waals surface area contributed by atoms with E-state index in [2.05, 4.69) is 20.6 Å². The number of nitrogens with zero attached hydrogens (tertiary/aromatic N) is 2. The Labute approximate surface area is 317 Å². The fraction of sp³-hybridized carbons (Fsp3) is 0.568. The second kappa shape index (κ2) is 25.5. The number of nitrogens with one attached hydrogen (secondary N) is 2. The Balaban J connectivity index is 1.80. The number of hydrogen-bond acceptors (Lipinski definition) is 12. The predicted octanol–water partition coefficient (Wildman–Crippen LogP) is 8.02. The first-order valence-corrected chi connectivity index (χ1v) is 22.4. The van der Waals surface area contributed by atoms with Crippen molar-refractivity contribution in [2.45, 2.75) is 86.7 Å². The molecule has 53 heavy (non-hydrogen) atoms. The highest BCUT2D eigenvalue weighted by Crippen LogP contribution is 2.22. The van der Waals surface area contributed by atoms with Gasteiger partial charge >= 0.3 is 29.8 Å². The molecular weight excluding hydrogens is 717 g/mol. The highest BCUT2D eigenvalue weighted by Gasteiger charge is 2.40. The lowest BCUT2D eigenvalue weighted by molar-refractivity contribution is 0.0700. The Hall–Kier alpha value is -3.49. The molecule has 0 aliphatic carbocycles. The molecule has 0 saturated carbocycles. The lowest BCUT2D eigenvalue weighted by Crippen LogP contribution is -2.46. The van der Waals surface area contributed by atoms with E-state index in [0.29, 0.717) is 95.6 Å². The summed E-state index contributed by atoms with van der Waals surface area (Å²) in [5.74, 6) is 0.821. The van der Waals surface area contributed by atoms with Crippen LogP contribution in [0.15, 0.2) is 58.5 Å². The Morgan fingerprint density at radius 1 is 0.528 bits per heavy atom. The van der Waals surface area contributed by atoms with E-state index in [1.54, 1.807) is 48.5 Å². The second-order valence-electron chi connectivity index (χ2n) is 11.7. The molecule has 16 heteroatoms. The molecule has 0 atom stereocenters. The van der Waals surface area contributed by atoms with Gasteiger partial charge in [-0.1, -0.05) is 0 Å². The minimum atomic E-state index is -2.75. The zero-order valence-electron chi connectivity index (χ0n) is 32.8. The number of benzene rings is 2. The molecule has 0 aliphatic heterocycles. The number of amides is 2. The maximum Gasteiger partial charge on any atom is 0.500 e. The molecule has 296 valence electrons. The molecule has 2 aromatic carbocycles. The summed E-state index contributed by atoms with van der Waals surface area (Å²) >= 11 is 0. The number of carbonyl (C=O) groups is 2. The molecule has 2 N–H and O–H groups in total. The zero-order valence-corrected chi connectivity index (χ0v) is 34.8. The van der Waals surface area contributed by atoms with Crippen molar-refractivity contribution in [2.75, 3.05) is 52.7 Å². The third-order valence-corrected chi connectivity index (χ3v) is 13.6. The molecule has 2 rings (SSSR count). The van der Waals surface area contributed by atoms with Crippen molar-refractivity contribution in [2.24, 2.45) is 9.98 Å². The Morgan fingerprint density at radius 3 is 1.11 bits per heavy atom. The topological polar surface area (TPSA) is 157 Å². The molecule has 2 amide bonds. The van der Waals surface area contributed by atoms with Crippen molar-refractivity contribution in [1.82, 2.24) is 10.6 Å². The van der Waals surface area contributed by atoms with Crippen molar-refractivity contribution in [3.8, 4) is 11.5 Å². The van der Waals surface area contributed by atoms with Gasteiger partial charge in [-0.3, -0.25) is 9.98 Å². The Kier molecular flexibility index (Phi) is 22.0. The largest absolute Gasteiger partial charge is 0.500 e. The van der Waals surface area contributed by atoms with Crippen LogP contribution in [0.2, 0.25) is 12.1 Å². The molecule has 2 aromatic rings. The number of rotatable bonds is 26. The van der Waals surface area contributed by atoms with Crippen molar-refractivity contribution in [3.05, 3.63) is 48.5 Å². The minimum absolute atomic E-state index is 0.405. The van der Waals surface area contributed by atoms with Gasteiger partial charge in [0.1, 0.15) is 11.5 Å². The van der Waals surface area contributed by atoms with Crippen LogP contribution in [0.4, 0.5) is 21.0 Å². The summed E-state index contributed by atoms with van der Waals surface area (Å²) in [4.78, 5) is 34.0. The first-order valence-electron chi connectivity index (χ1n) is 18.6. The molecule has 0 radical (unpaired) electrons. The van der Waals surface area contributed by atoms with Gasteiger partial charge in [0.2, 0.25) is 0 Å². The average molecular weight is 777 g/mol. The normalized spacial score (nSPS) is 12.5. The van der Waals surface area contributed by atoms with Crippen LogP contribution in [0.5, 0.6) is 11.5 Å². The molecule has 0 saturated heterocycles. The zero-order chi connectivity index (χ0) is 39.0. The standard InChI is InChI=1S/C37H60N4O10Si2/c1-9-44-52(45-10-2,46-11-3)27-15-25-38-36(42)50-34-21-17-32(18-22-34)40-30(7)29-31(8)41-33-19-23-35(24-20-33)51-37(43)39-26-16-28-53(47-12-4,48-13-5)49-14-6/h17-24H,9-16,25-29H2,1-8H3,(H,38,42)(H,39,43). The van der Waals surface area contributed by atoms with Gasteiger partial charge in [-0.05, 0) is 117 Å². The molecular formula is C37H60N4O10Si2. The van der Waals surface area contributed by atoms with Gasteiger partial charge in [0.05, 0.1) is 11.4 Å². The van der Waals surface area contributed by atoms with E-state index in [1.165, 1.54) is 0 Å². The van der Waals surface area contributed by atoms with Crippen LogP contribution in [0, 0.1) is 0 Å². The lowest BCUT2D eigenvalue weighted by atomic mass is 10.2. The Morgan fingerprint density at radius 2 is 0.830 bits per heavy atom. The number of aliphatic imine (C=N–C) groups is 2. The third-order valence-electron chi connectivity index (χ3n) is 7.29. The summed E-state index contributed by atoms with van der Waals surface area (Å²) < 4.78 is 46.0. The van der Waals surface area contributed by atoms with Gasteiger partial charge in [0, 0.05) is 82.7 Å². The molecule has 0 spiro atoms. The van der Waals surface area contributed by atoms with Gasteiger partial charge < -0.3 is 46.7 Å². The van der Waals surface area contributed by atoms with E-state index in [0.717, 1.165) is 22.8 Å². The van der Waals surface area contributed by atoms with Crippen molar-refractivity contribution in [3.63, 3.8) is 0 Å². The number of hydrogen-bond donors (Lipinski definition) is 2. The van der Waals surface area contributed by atoms with E-state index in [-0.39, 0.29) is 0 Å². The summed E-state index contributed by atoms with van der Waals surface area (Å²) in [5.41, 5.74) is 3.19. The SMILES string of the molecule is CCO[Si](CCCNC(=O)Oc1ccc(N=C(C)CC(C)=Nc2ccc(OC(=O)NCCC[Si](OCC)(OCC)OCC)cc2)cc1)(OCC)OCC. The van der Waals surface area contributed by atoms with E-state index < -0.39 is 29.8 Å². The fourth-order valence-electron chi connectivity index (χ4n) is 5.35. The molecule has 0 fully saturated rings. The van der Waals surface area contributed by atoms with Gasteiger partial charge in [0.25, 0.3) is 0 Å². The van der Waals surface area contributed by atoms with Crippen LogP contribution in [0.3, 0.4) is 0 Å². The third kappa shape index (κ3) is 17.9. The molecule has 0 heterocycles. The van der Waals surface area contributed by atoms with Crippen molar-refractivity contribution < 1.29 is 45.6 Å². The Bertz CT molecular complexity index is 1270. The molecule has 0 aromatic heterocycles. The van der Waals surface area contributed by atoms with Crippen LogP contribution in [-0.2, 0) is 26.6 Å². The van der Waals surface area contributed by atoms with Gasteiger partial charge in [-0.15, -0.1) is 0 Å². The van der Waals surface area contributed by atoms with Crippen LogP contribution < -0.4 is 20.1 Å². The minimum Gasteiger partial charge on any atom is -0.410 e. The maximum atomic E-state index is 12.4. The smallest absolute Gasteiger partial charge is 0.410 e. The average Bonchev–Trinajstić information content (AvgIpc) is 3.11. The predicted molar refractivity (Wildman–Crippen MR) is 211 cm³/mol. The van der Waals surface area contributed by atoms with E-state index in [4.69, 9.17) is 36.0 Å².